The Morgan fingerprint density at radius 1 is 1.26 bits per heavy atom. The van der Waals surface area contributed by atoms with Crippen molar-refractivity contribution in [2.24, 2.45) is 0 Å². The number of benzene rings is 1. The molecule has 0 saturated carbocycles. The normalized spacial score (nSPS) is 12.0. The number of carbonyl (C=O) groups is 3. The third kappa shape index (κ3) is 10.8. The van der Waals surface area contributed by atoms with E-state index in [0.717, 1.165) is 13.2 Å². The molecule has 0 spiro atoms. The maximum Gasteiger partial charge on any atom is 0.341 e. The number of nitrogens with zero attached hydrogens (tertiary/aromatic N) is 1. The molecule has 11 nitrogen and oxygen atoms in total. The van der Waals surface area contributed by atoms with Crippen LogP contribution in [-0.2, 0) is 34.5 Å². The van der Waals surface area contributed by atoms with Gasteiger partial charge < -0.3 is 14.3 Å². The Balaban J connectivity index is 2.91. The predicted octanol–water partition coefficient (Wildman–Crippen LogP) is 1.95. The molecule has 0 heterocycles. The number of hydrogen-bond donors (Lipinski definition) is 0. The first-order valence-electron chi connectivity index (χ1n) is 9.07. The molecule has 0 N–H and O–H groups in total. The van der Waals surface area contributed by atoms with Crippen LogP contribution in [0.3, 0.4) is 0 Å². The van der Waals surface area contributed by atoms with Crippen molar-refractivity contribution in [3.8, 4) is 5.75 Å². The summed E-state index contributed by atoms with van der Waals surface area (Å²) in [5.41, 5.74) is 0.285. The van der Waals surface area contributed by atoms with Crippen molar-refractivity contribution in [1.29, 1.82) is 0 Å². The summed E-state index contributed by atoms with van der Waals surface area (Å²) in [6.07, 6.45) is 0.0905. The van der Waals surface area contributed by atoms with Gasteiger partial charge in [-0.2, -0.15) is 0 Å². The third-order valence-corrected chi connectivity index (χ3v) is 6.22. The second-order valence-corrected chi connectivity index (χ2v) is 10.9. The minimum Gasteiger partial charge on any atom is -0.461 e. The van der Waals surface area contributed by atoms with Crippen molar-refractivity contribution in [3.05, 3.63) is 39.4 Å². The third-order valence-electron chi connectivity index (χ3n) is 3.68. The van der Waals surface area contributed by atoms with Crippen molar-refractivity contribution in [3.63, 3.8) is 0 Å². The molecule has 0 amide bonds. The van der Waals surface area contributed by atoms with Crippen LogP contribution in [0.15, 0.2) is 18.2 Å². The summed E-state index contributed by atoms with van der Waals surface area (Å²) < 4.78 is 32.3. The van der Waals surface area contributed by atoms with Crippen LogP contribution in [0.25, 0.3) is 0 Å². The molecule has 0 fully saturated rings. The van der Waals surface area contributed by atoms with E-state index in [0.29, 0.717) is 16.4 Å². The van der Waals surface area contributed by atoms with E-state index < -0.39 is 32.0 Å². The van der Waals surface area contributed by atoms with E-state index in [1.54, 1.807) is 6.92 Å². The van der Waals surface area contributed by atoms with Crippen molar-refractivity contribution < 1.29 is 42.2 Å². The topological polar surface area (TPSA) is 156 Å². The van der Waals surface area contributed by atoms with Crippen molar-refractivity contribution in [2.45, 2.75) is 39.2 Å². The molecular weight excluding hydrogens is 454 g/mol. The van der Waals surface area contributed by atoms with E-state index in [1.807, 2.05) is 0 Å². The zero-order valence-corrected chi connectivity index (χ0v) is 18.8. The van der Waals surface area contributed by atoms with Gasteiger partial charge in [0.25, 0.3) is 5.09 Å². The van der Waals surface area contributed by atoms with Gasteiger partial charge in [-0.15, -0.1) is 10.1 Å². The lowest BCUT2D eigenvalue weighted by Gasteiger charge is -2.13. The summed E-state index contributed by atoms with van der Waals surface area (Å²) >= 11 is 0. The maximum absolute atomic E-state index is 12.4. The molecule has 0 saturated heterocycles. The Morgan fingerprint density at radius 2 is 1.94 bits per heavy atom. The minimum absolute atomic E-state index is 0.0144. The molecule has 0 aliphatic carbocycles. The molecule has 0 radical (unpaired) electrons. The van der Waals surface area contributed by atoms with Crippen LogP contribution in [0.2, 0.25) is 0 Å². The van der Waals surface area contributed by atoms with Crippen molar-refractivity contribution in [1.82, 2.24) is 0 Å². The van der Waals surface area contributed by atoms with E-state index in [2.05, 4.69) is 4.84 Å². The van der Waals surface area contributed by atoms with E-state index in [1.165, 1.54) is 18.2 Å². The van der Waals surface area contributed by atoms with Crippen molar-refractivity contribution >= 4 is 37.4 Å². The first-order valence-corrected chi connectivity index (χ1v) is 12.5. The average molecular weight is 478 g/mol. The lowest BCUT2D eigenvalue weighted by molar-refractivity contribution is -0.768. The van der Waals surface area contributed by atoms with E-state index >= 15 is 0 Å². The first-order chi connectivity index (χ1) is 14.4. The predicted molar refractivity (Wildman–Crippen MR) is 111 cm³/mol. The molecule has 0 aromatic heterocycles. The zero-order valence-electron chi connectivity index (χ0n) is 17.2. The van der Waals surface area contributed by atoms with E-state index in [4.69, 9.17) is 9.47 Å². The maximum atomic E-state index is 12.4. The van der Waals surface area contributed by atoms with Crippen LogP contribution >= 0.6 is 10.8 Å². The molecular formula is C18H23NO10S2. The summed E-state index contributed by atoms with van der Waals surface area (Å²) in [5, 5.41) is 9.51. The SMILES string of the molecule is CCC(CC(=O)Cc1ccc(OC(C)=O)c(C(=O)OCCSS(C)(=O)=O)c1)O[N+](=O)[O-]. The van der Waals surface area contributed by atoms with E-state index in [-0.39, 0.29) is 48.7 Å². The van der Waals surface area contributed by atoms with Gasteiger partial charge in [-0.1, -0.05) is 13.0 Å². The van der Waals surface area contributed by atoms with Crippen LogP contribution in [0.4, 0.5) is 0 Å². The second-order valence-electron chi connectivity index (χ2n) is 6.37. The van der Waals surface area contributed by atoms with Crippen LogP contribution in [0.1, 0.15) is 42.6 Å². The molecule has 1 aromatic rings. The molecule has 31 heavy (non-hydrogen) atoms. The van der Waals surface area contributed by atoms with E-state index in [9.17, 15) is 32.9 Å². The Kier molecular flexibility index (Phi) is 10.4. The van der Waals surface area contributed by atoms with Crippen LogP contribution in [0.5, 0.6) is 5.75 Å². The Bertz CT molecular complexity index is 929. The second kappa shape index (κ2) is 12.2. The standard InChI is InChI=1S/C18H23NO10S2/c1-4-15(29-19(23)24)11-14(21)9-13-5-6-17(28-12(2)20)16(10-13)18(22)27-7-8-30-31(3,25)26/h5-6,10,15H,4,7-9,11H2,1-3H3. The molecule has 1 unspecified atom stereocenters. The molecule has 0 bridgehead atoms. The van der Waals surface area contributed by atoms with Crippen LogP contribution < -0.4 is 4.74 Å². The Labute approximate surface area is 182 Å². The number of hydrogen-bond acceptors (Lipinski definition) is 11. The summed E-state index contributed by atoms with van der Waals surface area (Å²) in [6, 6.07) is 4.12. The smallest absolute Gasteiger partial charge is 0.341 e. The monoisotopic (exact) mass is 477 g/mol. The van der Waals surface area contributed by atoms with Gasteiger partial charge in [0.05, 0.1) is 0 Å². The number of Topliss-reactive ketones (excluding diaryl/α,β-unsaturated/α-hetero) is 1. The van der Waals surface area contributed by atoms with Crippen LogP contribution in [0, 0.1) is 10.1 Å². The fraction of sp³-hybridized carbons (Fsp3) is 0.500. The van der Waals surface area contributed by atoms with Gasteiger partial charge in [0, 0.05) is 31.8 Å². The minimum atomic E-state index is -3.28. The number of rotatable bonds is 13. The van der Waals surface area contributed by atoms with Gasteiger partial charge in [-0.25, -0.2) is 13.2 Å². The summed E-state index contributed by atoms with van der Waals surface area (Å²) in [5.74, 6) is -1.94. The summed E-state index contributed by atoms with van der Waals surface area (Å²) in [4.78, 5) is 50.8. The summed E-state index contributed by atoms with van der Waals surface area (Å²) in [6.45, 7) is 2.59. The molecule has 1 aromatic carbocycles. The number of carbonyl (C=O) groups excluding carboxylic acids is 3. The Hall–Kier alpha value is -2.67. The highest BCUT2D eigenvalue weighted by Crippen LogP contribution is 2.23. The largest absolute Gasteiger partial charge is 0.461 e. The molecule has 13 heteroatoms. The lowest BCUT2D eigenvalue weighted by atomic mass is 10.0. The molecule has 0 aliphatic rings. The van der Waals surface area contributed by atoms with Crippen molar-refractivity contribution in [2.75, 3.05) is 18.6 Å². The Morgan fingerprint density at radius 3 is 2.48 bits per heavy atom. The van der Waals surface area contributed by atoms with Gasteiger partial charge in [0.15, 0.2) is 8.87 Å². The summed E-state index contributed by atoms with van der Waals surface area (Å²) in [7, 11) is -2.67. The first kappa shape index (κ1) is 26.4. The van der Waals surface area contributed by atoms with Gasteiger partial charge >= 0.3 is 11.9 Å². The highest BCUT2D eigenvalue weighted by molar-refractivity contribution is 8.71. The molecule has 0 aliphatic heterocycles. The number of ketones is 1. The number of ether oxygens (including phenoxy) is 2. The highest BCUT2D eigenvalue weighted by Gasteiger charge is 2.20. The van der Waals surface area contributed by atoms with Gasteiger partial charge in [-0.05, 0) is 34.9 Å². The quantitative estimate of drug-likeness (QED) is 0.102. The molecule has 172 valence electrons. The zero-order chi connectivity index (χ0) is 23.6. The molecule has 1 atom stereocenters. The van der Waals surface area contributed by atoms with Gasteiger partial charge in [-0.3, -0.25) is 9.59 Å². The van der Waals surface area contributed by atoms with Crippen LogP contribution in [-0.4, -0.2) is 55.9 Å². The molecule has 1 rings (SSSR count). The van der Waals surface area contributed by atoms with Gasteiger partial charge in [0.1, 0.15) is 29.8 Å². The fourth-order valence-corrected chi connectivity index (χ4v) is 3.99. The van der Waals surface area contributed by atoms with Gasteiger partial charge in [0.2, 0.25) is 0 Å². The average Bonchev–Trinajstić information content (AvgIpc) is 2.64. The highest BCUT2D eigenvalue weighted by atomic mass is 33.1. The lowest BCUT2D eigenvalue weighted by Crippen LogP contribution is -2.21. The number of esters is 2. The fourth-order valence-electron chi connectivity index (χ4n) is 2.42.